The fourth-order valence-corrected chi connectivity index (χ4v) is 13.3. The molecule has 8 bridgehead atoms. The van der Waals surface area contributed by atoms with Crippen LogP contribution in [0.25, 0.3) is 90.9 Å². The molecule has 3 aromatic heterocycles. The van der Waals surface area contributed by atoms with E-state index < -0.39 is 0 Å². The molecule has 9 rings (SSSR count). The van der Waals surface area contributed by atoms with E-state index in [2.05, 4.69) is 225 Å². The highest BCUT2D eigenvalue weighted by atomic mass is 16.5. The van der Waals surface area contributed by atoms with Crippen molar-refractivity contribution in [1.82, 2.24) is 19.9 Å². The molecule has 91 heavy (non-hydrogen) atoms. The molecule has 0 amide bonds. The quantitative estimate of drug-likeness (QED) is 0.0298. The Morgan fingerprint density at radius 3 is 0.857 bits per heavy atom. The molecule has 2 aliphatic heterocycles. The second kappa shape index (κ2) is 33.2. The molecular weight excluding hydrogens is 1120 g/mol. The van der Waals surface area contributed by atoms with E-state index in [1.807, 2.05) is 0 Å². The number of hydrogen-bond donors (Lipinski definition) is 2. The lowest BCUT2D eigenvalue weighted by Gasteiger charge is -2.35. The van der Waals surface area contributed by atoms with Crippen LogP contribution >= 0.6 is 0 Å². The third kappa shape index (κ3) is 17.4. The average Bonchev–Trinajstić information content (AvgIpc) is 1.68. The van der Waals surface area contributed by atoms with Gasteiger partial charge in [-0.25, -0.2) is 9.97 Å². The smallest absolute Gasteiger partial charge is 0.137 e. The van der Waals surface area contributed by atoms with Gasteiger partial charge in [0.05, 0.1) is 115 Å². The van der Waals surface area contributed by atoms with Crippen LogP contribution in [-0.2, 0) is 0 Å². The molecule has 484 valence electrons. The Balaban J connectivity index is 1.16. The topological polar surface area (TPSA) is 94.3 Å². The maximum Gasteiger partial charge on any atom is 0.137 e. The summed E-state index contributed by atoms with van der Waals surface area (Å²) in [5, 5.41) is 0. The van der Waals surface area contributed by atoms with Crippen LogP contribution in [0.3, 0.4) is 0 Å². The Morgan fingerprint density at radius 1 is 0.297 bits per heavy atom. The molecule has 0 saturated carbocycles. The average molecular weight is 1230 g/mol. The molecule has 0 radical (unpaired) electrons. The van der Waals surface area contributed by atoms with Gasteiger partial charge in [0.2, 0.25) is 0 Å². The number of hydrogen-bond acceptors (Lipinski definition) is 6. The van der Waals surface area contributed by atoms with E-state index in [-0.39, 0.29) is 0 Å². The van der Waals surface area contributed by atoms with E-state index in [1.165, 1.54) is 51.4 Å². The first-order valence-electron chi connectivity index (χ1n) is 35.1. The molecule has 0 aliphatic carbocycles. The normalized spacial score (nSPS) is 12.5. The van der Waals surface area contributed by atoms with Crippen LogP contribution in [0, 0.1) is 0 Å². The Bertz CT molecular complexity index is 3610. The minimum absolute atomic E-state index is 0.645. The van der Waals surface area contributed by atoms with E-state index in [1.54, 1.807) is 0 Å². The highest BCUT2D eigenvalue weighted by molar-refractivity contribution is 6.00. The third-order valence-corrected chi connectivity index (χ3v) is 20.4. The molecule has 11 nitrogen and oxygen atoms in total. The number of rotatable bonds is 37. The molecule has 0 atom stereocenters. The van der Waals surface area contributed by atoms with Crippen LogP contribution in [0.2, 0.25) is 0 Å². The molecule has 2 N–H and O–H groups in total. The fourth-order valence-electron chi connectivity index (χ4n) is 13.3. The van der Waals surface area contributed by atoms with Gasteiger partial charge < -0.3 is 42.4 Å². The van der Waals surface area contributed by atoms with Crippen molar-refractivity contribution in [1.29, 1.82) is 0 Å². The number of nitrogens with zero attached hydrogens (tertiary/aromatic N) is 5. The standard InChI is InChI=1S/C80H108N7O4/c1-11-20-21-22-23-24-25-26-27-57-88-65-38-30-61(31-39-65)77-69-46-47-71(81-69)78(62-32-40-66(41-33-62)89-58-28-54-86(14-4,15-5)16-6)72-48-49-73(82-72)79(63-34-42-67(43-35-63)90-59-29-55-87(17-7,18-8)19-9)74-51-53-76(84-74)80(75-52-50-70(77)83-75)64-36-44-68(45-37-64)91-60-56-85(10,12-2)13-3/h30-53,82-83H,11-29,54-60H2,1-10H3/q+3. The van der Waals surface area contributed by atoms with Gasteiger partial charge in [-0.15, -0.1) is 0 Å². The van der Waals surface area contributed by atoms with Crippen LogP contribution < -0.4 is 18.9 Å². The van der Waals surface area contributed by atoms with Crippen molar-refractivity contribution in [2.75, 3.05) is 105 Å². The van der Waals surface area contributed by atoms with Gasteiger partial charge >= 0.3 is 0 Å². The molecular formula is C80H108N7O4+3. The maximum atomic E-state index is 6.46. The van der Waals surface area contributed by atoms with E-state index in [0.717, 1.165) is 217 Å². The Kier molecular flexibility index (Phi) is 24.8. The number of aromatic nitrogens is 4. The first-order valence-corrected chi connectivity index (χ1v) is 35.1. The zero-order valence-corrected chi connectivity index (χ0v) is 57.1. The minimum atomic E-state index is 0.645. The summed E-state index contributed by atoms with van der Waals surface area (Å²) in [6.07, 6.45) is 22.2. The van der Waals surface area contributed by atoms with E-state index in [0.29, 0.717) is 26.4 Å². The summed E-state index contributed by atoms with van der Waals surface area (Å²) in [6, 6.07) is 43.1. The number of aromatic amines is 2. The van der Waals surface area contributed by atoms with Gasteiger partial charge in [0.15, 0.2) is 0 Å². The Labute approximate surface area is 546 Å². The lowest BCUT2D eigenvalue weighted by Crippen LogP contribution is -2.48. The molecule has 0 spiro atoms. The largest absolute Gasteiger partial charge is 0.494 e. The number of H-pyrrole nitrogens is 2. The van der Waals surface area contributed by atoms with E-state index >= 15 is 0 Å². The zero-order chi connectivity index (χ0) is 64.1. The summed E-state index contributed by atoms with van der Waals surface area (Å²) in [4.78, 5) is 19.2. The maximum absolute atomic E-state index is 6.46. The first-order chi connectivity index (χ1) is 44.4. The van der Waals surface area contributed by atoms with Crippen LogP contribution in [0.15, 0.2) is 121 Å². The summed E-state index contributed by atoms with van der Waals surface area (Å²) < 4.78 is 28.9. The van der Waals surface area contributed by atoms with Gasteiger partial charge in [0.1, 0.15) is 36.1 Å². The van der Waals surface area contributed by atoms with Gasteiger partial charge in [-0.2, -0.15) is 0 Å². The van der Waals surface area contributed by atoms with Gasteiger partial charge in [0, 0.05) is 57.2 Å². The van der Waals surface area contributed by atoms with Crippen molar-refractivity contribution in [3.63, 3.8) is 0 Å². The lowest BCUT2D eigenvalue weighted by atomic mass is 10.0. The molecule has 4 aromatic carbocycles. The van der Waals surface area contributed by atoms with Gasteiger partial charge in [-0.1, -0.05) is 107 Å². The highest BCUT2D eigenvalue weighted by Gasteiger charge is 2.24. The second-order valence-corrected chi connectivity index (χ2v) is 25.5. The van der Waals surface area contributed by atoms with Crippen molar-refractivity contribution < 1.29 is 32.4 Å². The van der Waals surface area contributed by atoms with Crippen molar-refractivity contribution in [3.05, 3.63) is 144 Å². The monoisotopic (exact) mass is 1230 g/mol. The van der Waals surface area contributed by atoms with Crippen LogP contribution in [0.1, 0.15) is 156 Å². The van der Waals surface area contributed by atoms with Crippen molar-refractivity contribution in [2.24, 2.45) is 0 Å². The van der Waals surface area contributed by atoms with Gasteiger partial charge in [-0.3, -0.25) is 0 Å². The molecule has 0 saturated heterocycles. The number of fused-ring (bicyclic) bond motifs is 8. The molecule has 0 fully saturated rings. The van der Waals surface area contributed by atoms with Gasteiger partial charge in [-0.05, 0) is 181 Å². The summed E-state index contributed by atoms with van der Waals surface area (Å²) in [6.45, 7) is 35.4. The SMILES string of the molecule is CCCCCCCCCCCOc1ccc(-c2c3nc(c(-c4ccc(OCCC[N+](CC)(CC)CC)cc4)c4ccc([nH]4)c(-c4ccc(OCCC[N+](CC)(CC)CC)cc4)c4nc(c(-c5ccc(OCC[N+](C)(CC)CC)cc5)c5ccc2[nH]5)C=C4)C=C3)cc1. The van der Waals surface area contributed by atoms with Gasteiger partial charge in [0.25, 0.3) is 0 Å². The van der Waals surface area contributed by atoms with Crippen LogP contribution in [-0.4, -0.2) is 139 Å². The lowest BCUT2D eigenvalue weighted by molar-refractivity contribution is -0.923. The van der Waals surface area contributed by atoms with Crippen molar-refractivity contribution in [3.8, 4) is 67.5 Å². The van der Waals surface area contributed by atoms with Crippen LogP contribution in [0.4, 0.5) is 0 Å². The minimum Gasteiger partial charge on any atom is -0.494 e. The van der Waals surface area contributed by atoms with E-state index in [9.17, 15) is 0 Å². The number of ether oxygens (including phenoxy) is 4. The van der Waals surface area contributed by atoms with Crippen molar-refractivity contribution in [2.45, 2.75) is 133 Å². The first kappa shape index (κ1) is 67.9. The molecule has 5 heterocycles. The summed E-state index contributed by atoms with van der Waals surface area (Å²) >= 11 is 0. The highest BCUT2D eigenvalue weighted by Crippen LogP contribution is 2.40. The van der Waals surface area contributed by atoms with Crippen LogP contribution in [0.5, 0.6) is 23.0 Å². The fraction of sp³-hybridized carbons (Fsp3) is 0.450. The predicted octanol–water partition coefficient (Wildman–Crippen LogP) is 19.4. The predicted molar refractivity (Wildman–Crippen MR) is 385 cm³/mol. The van der Waals surface area contributed by atoms with Crippen molar-refractivity contribution >= 4 is 46.4 Å². The number of benzene rings is 4. The molecule has 7 aromatic rings. The summed E-state index contributed by atoms with van der Waals surface area (Å²) in [5.41, 5.74) is 15.3. The summed E-state index contributed by atoms with van der Waals surface area (Å²) in [7, 11) is 2.30. The number of likely N-dealkylation sites (N-methyl/N-ethyl adjacent to an activating group) is 1. The number of unbranched alkanes of at least 4 members (excludes halogenated alkanes) is 8. The van der Waals surface area contributed by atoms with E-state index in [4.69, 9.17) is 28.9 Å². The molecule has 0 unspecified atom stereocenters. The molecule has 2 aliphatic rings. The number of nitrogens with one attached hydrogen (secondary N) is 2. The number of quaternary nitrogens is 3. The Hall–Kier alpha value is -7.44. The third-order valence-electron chi connectivity index (χ3n) is 20.4. The zero-order valence-electron chi connectivity index (χ0n) is 57.1. The molecule has 11 heteroatoms. The summed E-state index contributed by atoms with van der Waals surface area (Å²) in [5.74, 6) is 3.44. The Morgan fingerprint density at radius 2 is 0.571 bits per heavy atom. The second-order valence-electron chi connectivity index (χ2n) is 25.5.